The Balaban J connectivity index is 1.66. The van der Waals surface area contributed by atoms with Gasteiger partial charge in [0.25, 0.3) is 0 Å². The number of nitrogens with zero attached hydrogens (tertiary/aromatic N) is 2. The lowest BCUT2D eigenvalue weighted by Gasteiger charge is -2.33. The van der Waals surface area contributed by atoms with E-state index < -0.39 is 0 Å². The molecule has 122 valence electrons. The van der Waals surface area contributed by atoms with Gasteiger partial charge in [-0.3, -0.25) is 4.79 Å². The summed E-state index contributed by atoms with van der Waals surface area (Å²) >= 11 is 1.72. The number of carbonyl (C=O) groups is 1. The quantitative estimate of drug-likeness (QED) is 0.934. The van der Waals surface area contributed by atoms with Crippen molar-refractivity contribution in [2.75, 3.05) is 25.5 Å². The van der Waals surface area contributed by atoms with Gasteiger partial charge in [0.1, 0.15) is 5.82 Å². The number of nitrogens with one attached hydrogen (secondary N) is 1. The number of likely N-dealkylation sites (tertiary alicyclic amines) is 1. The van der Waals surface area contributed by atoms with Crippen LogP contribution in [0.15, 0.2) is 30.5 Å². The molecule has 1 N–H and O–H groups in total. The van der Waals surface area contributed by atoms with Crippen molar-refractivity contribution in [3.63, 3.8) is 0 Å². The SMILES string of the molecule is CNc1cc(C2CCCN(C(=O)Cc3ccc(C)s3)C2)ccn1. The molecule has 1 unspecified atom stereocenters. The van der Waals surface area contributed by atoms with Crippen LogP contribution in [0.2, 0.25) is 0 Å². The second-order valence-electron chi connectivity index (χ2n) is 6.09. The Kier molecular flexibility index (Phi) is 4.96. The predicted octanol–water partition coefficient (Wildman–Crippen LogP) is 3.44. The fraction of sp³-hybridized carbons (Fsp3) is 0.444. The van der Waals surface area contributed by atoms with Gasteiger partial charge in [-0.1, -0.05) is 0 Å². The minimum absolute atomic E-state index is 0.249. The average molecular weight is 329 g/mol. The summed E-state index contributed by atoms with van der Waals surface area (Å²) in [5.41, 5.74) is 1.27. The Morgan fingerprint density at radius 2 is 2.30 bits per heavy atom. The van der Waals surface area contributed by atoms with E-state index in [1.165, 1.54) is 10.4 Å². The smallest absolute Gasteiger partial charge is 0.227 e. The van der Waals surface area contributed by atoms with Crippen LogP contribution in [0.3, 0.4) is 0 Å². The first-order valence-corrected chi connectivity index (χ1v) is 8.94. The van der Waals surface area contributed by atoms with Gasteiger partial charge >= 0.3 is 0 Å². The van der Waals surface area contributed by atoms with E-state index in [1.54, 1.807) is 11.3 Å². The van der Waals surface area contributed by atoms with Crippen molar-refractivity contribution in [2.45, 2.75) is 32.1 Å². The van der Waals surface area contributed by atoms with E-state index in [0.29, 0.717) is 12.3 Å². The lowest BCUT2D eigenvalue weighted by Crippen LogP contribution is -2.39. The first-order chi connectivity index (χ1) is 11.2. The van der Waals surface area contributed by atoms with Crippen molar-refractivity contribution in [3.05, 3.63) is 45.8 Å². The van der Waals surface area contributed by atoms with E-state index in [2.05, 4.69) is 41.5 Å². The summed E-state index contributed by atoms with van der Waals surface area (Å²) in [4.78, 5) is 21.3. The zero-order valence-electron chi connectivity index (χ0n) is 13.7. The van der Waals surface area contributed by atoms with Crippen molar-refractivity contribution in [1.82, 2.24) is 9.88 Å². The second kappa shape index (κ2) is 7.13. The number of hydrogen-bond donors (Lipinski definition) is 1. The van der Waals surface area contributed by atoms with Gasteiger partial charge in [-0.05, 0) is 49.6 Å². The number of hydrogen-bond acceptors (Lipinski definition) is 4. The van der Waals surface area contributed by atoms with Crippen LogP contribution in [0.5, 0.6) is 0 Å². The molecule has 0 aliphatic carbocycles. The molecule has 1 atom stereocenters. The molecule has 0 radical (unpaired) electrons. The van der Waals surface area contributed by atoms with Gasteiger partial charge in [-0.15, -0.1) is 11.3 Å². The van der Waals surface area contributed by atoms with E-state index >= 15 is 0 Å². The Morgan fingerprint density at radius 3 is 3.04 bits per heavy atom. The van der Waals surface area contributed by atoms with Crippen LogP contribution in [-0.4, -0.2) is 35.9 Å². The molecule has 0 bridgehead atoms. The molecular formula is C18H23N3OS. The third-order valence-electron chi connectivity index (χ3n) is 4.41. The molecule has 1 fully saturated rings. The summed E-state index contributed by atoms with van der Waals surface area (Å²) in [6, 6.07) is 8.33. The van der Waals surface area contributed by atoms with Gasteiger partial charge in [0.2, 0.25) is 5.91 Å². The number of piperidine rings is 1. The zero-order chi connectivity index (χ0) is 16.2. The molecule has 3 rings (SSSR count). The maximum Gasteiger partial charge on any atom is 0.227 e. The van der Waals surface area contributed by atoms with Gasteiger partial charge in [-0.25, -0.2) is 4.98 Å². The van der Waals surface area contributed by atoms with Gasteiger partial charge < -0.3 is 10.2 Å². The summed E-state index contributed by atoms with van der Waals surface area (Å²) in [7, 11) is 1.88. The molecule has 1 amide bonds. The monoisotopic (exact) mass is 329 g/mol. The third kappa shape index (κ3) is 3.91. The number of carbonyl (C=O) groups excluding carboxylic acids is 1. The molecule has 2 aromatic rings. The Hall–Kier alpha value is -1.88. The highest BCUT2D eigenvalue weighted by atomic mass is 32.1. The van der Waals surface area contributed by atoms with Crippen molar-refractivity contribution in [3.8, 4) is 0 Å². The molecule has 2 aromatic heterocycles. The molecule has 23 heavy (non-hydrogen) atoms. The molecule has 0 aromatic carbocycles. The minimum Gasteiger partial charge on any atom is -0.373 e. The van der Waals surface area contributed by atoms with Gasteiger partial charge in [0.15, 0.2) is 0 Å². The van der Waals surface area contributed by atoms with Crippen LogP contribution in [0.1, 0.15) is 34.1 Å². The number of rotatable bonds is 4. The fourth-order valence-corrected chi connectivity index (χ4v) is 4.04. The number of thiophene rings is 1. The van der Waals surface area contributed by atoms with Gasteiger partial charge in [-0.2, -0.15) is 0 Å². The van der Waals surface area contributed by atoms with Crippen molar-refractivity contribution in [2.24, 2.45) is 0 Å². The first-order valence-electron chi connectivity index (χ1n) is 8.12. The van der Waals surface area contributed by atoms with Crippen LogP contribution in [-0.2, 0) is 11.2 Å². The van der Waals surface area contributed by atoms with E-state index in [1.807, 2.05) is 18.1 Å². The zero-order valence-corrected chi connectivity index (χ0v) is 14.5. The molecular weight excluding hydrogens is 306 g/mol. The molecule has 5 heteroatoms. The van der Waals surface area contributed by atoms with E-state index in [0.717, 1.165) is 36.6 Å². The van der Waals surface area contributed by atoms with Crippen molar-refractivity contribution < 1.29 is 4.79 Å². The van der Waals surface area contributed by atoms with Crippen molar-refractivity contribution in [1.29, 1.82) is 0 Å². The standard InChI is InChI=1S/C18H23N3OS/c1-13-5-6-16(23-13)11-18(22)21-9-3-4-15(12-21)14-7-8-20-17(10-14)19-2/h5-8,10,15H,3-4,9,11-12H2,1-2H3,(H,19,20). The number of amides is 1. The van der Waals surface area contributed by atoms with Crippen LogP contribution in [0.4, 0.5) is 5.82 Å². The Bertz CT molecular complexity index is 682. The fourth-order valence-electron chi connectivity index (χ4n) is 3.15. The molecule has 1 aliphatic rings. The topological polar surface area (TPSA) is 45.2 Å². The summed E-state index contributed by atoms with van der Waals surface area (Å²) < 4.78 is 0. The summed E-state index contributed by atoms with van der Waals surface area (Å²) in [6.07, 6.45) is 4.58. The highest BCUT2D eigenvalue weighted by Gasteiger charge is 2.25. The highest BCUT2D eigenvalue weighted by molar-refractivity contribution is 7.12. The largest absolute Gasteiger partial charge is 0.373 e. The highest BCUT2D eigenvalue weighted by Crippen LogP contribution is 2.28. The Labute approximate surface area is 141 Å². The third-order valence-corrected chi connectivity index (χ3v) is 5.41. The number of aromatic nitrogens is 1. The molecule has 0 spiro atoms. The maximum atomic E-state index is 12.6. The van der Waals surface area contributed by atoms with Crippen LogP contribution in [0, 0.1) is 6.92 Å². The lowest BCUT2D eigenvalue weighted by molar-refractivity contribution is -0.131. The number of pyridine rings is 1. The maximum absolute atomic E-state index is 12.6. The first kappa shape index (κ1) is 16.0. The minimum atomic E-state index is 0.249. The Morgan fingerprint density at radius 1 is 1.43 bits per heavy atom. The average Bonchev–Trinajstić information content (AvgIpc) is 3.00. The molecule has 1 saturated heterocycles. The van der Waals surface area contributed by atoms with Crippen LogP contribution in [0.25, 0.3) is 0 Å². The normalized spacial score (nSPS) is 18.0. The summed E-state index contributed by atoms with van der Waals surface area (Å²) in [6.45, 7) is 3.78. The van der Waals surface area contributed by atoms with Crippen LogP contribution >= 0.6 is 11.3 Å². The van der Waals surface area contributed by atoms with Gasteiger partial charge in [0, 0.05) is 42.0 Å². The van der Waals surface area contributed by atoms with Crippen molar-refractivity contribution >= 4 is 23.1 Å². The van der Waals surface area contributed by atoms with E-state index in [-0.39, 0.29) is 5.91 Å². The number of anilines is 1. The van der Waals surface area contributed by atoms with E-state index in [9.17, 15) is 4.79 Å². The summed E-state index contributed by atoms with van der Waals surface area (Å²) in [5.74, 6) is 1.55. The molecule has 0 saturated carbocycles. The lowest BCUT2D eigenvalue weighted by atomic mass is 9.91. The molecule has 3 heterocycles. The molecule has 1 aliphatic heterocycles. The molecule has 4 nitrogen and oxygen atoms in total. The predicted molar refractivity (Wildman–Crippen MR) is 95.1 cm³/mol. The van der Waals surface area contributed by atoms with Crippen LogP contribution < -0.4 is 5.32 Å². The summed E-state index contributed by atoms with van der Waals surface area (Å²) in [5, 5.41) is 3.09. The van der Waals surface area contributed by atoms with Gasteiger partial charge in [0.05, 0.1) is 6.42 Å². The van der Waals surface area contributed by atoms with E-state index in [4.69, 9.17) is 0 Å². The number of aryl methyl sites for hydroxylation is 1. The second-order valence-corrected chi connectivity index (χ2v) is 7.46.